The second-order valence-electron chi connectivity index (χ2n) is 10.8. The van der Waals surface area contributed by atoms with E-state index < -0.39 is 23.3 Å². The third kappa shape index (κ3) is 4.62. The van der Waals surface area contributed by atoms with E-state index in [4.69, 9.17) is 4.98 Å². The molecule has 1 N–H and O–H groups in total. The molecule has 0 fully saturated rings. The number of hydrogen-bond acceptors (Lipinski definition) is 4. The zero-order valence-corrected chi connectivity index (χ0v) is 22.6. The van der Waals surface area contributed by atoms with Crippen LogP contribution in [0, 0.1) is 6.92 Å². The van der Waals surface area contributed by atoms with Crippen LogP contribution in [0.2, 0.25) is 0 Å². The molecule has 2 aliphatic rings. The van der Waals surface area contributed by atoms with Crippen molar-refractivity contribution < 1.29 is 9.59 Å². The molecule has 0 spiro atoms. The third-order valence-corrected chi connectivity index (χ3v) is 7.51. The molecular weight excluding hydrogens is 472 g/mol. The smallest absolute Gasteiger partial charge is 0.294 e. The molecule has 2 aliphatic heterocycles. The normalized spacial score (nSPS) is 18.5. The van der Waals surface area contributed by atoms with Gasteiger partial charge in [-0.3, -0.25) is 9.59 Å². The number of aromatic nitrogens is 2. The summed E-state index contributed by atoms with van der Waals surface area (Å²) in [5, 5.41) is 2.88. The van der Waals surface area contributed by atoms with E-state index in [1.165, 1.54) is 0 Å². The van der Waals surface area contributed by atoms with Crippen molar-refractivity contribution in [1.82, 2.24) is 14.5 Å². The summed E-state index contributed by atoms with van der Waals surface area (Å²) in [7, 11) is 0. The lowest BCUT2D eigenvalue weighted by atomic mass is 9.90. The van der Waals surface area contributed by atoms with Crippen LogP contribution in [0.25, 0.3) is 0 Å². The predicted octanol–water partition coefficient (Wildman–Crippen LogP) is 6.04. The molecule has 6 heteroatoms. The molecule has 3 aromatic rings. The summed E-state index contributed by atoms with van der Waals surface area (Å²) >= 11 is 0. The zero-order valence-electron chi connectivity index (χ0n) is 22.6. The summed E-state index contributed by atoms with van der Waals surface area (Å²) < 4.78 is 2.17. The van der Waals surface area contributed by atoms with Crippen molar-refractivity contribution >= 4 is 17.4 Å². The van der Waals surface area contributed by atoms with E-state index in [1.807, 2.05) is 90.8 Å². The number of benzene rings is 2. The molecule has 194 valence electrons. The number of nitrogens with one attached hydrogen (secondary N) is 1. The molecule has 0 radical (unpaired) electrons. The average molecular weight is 507 g/mol. The Bertz CT molecular complexity index is 1460. The van der Waals surface area contributed by atoms with Gasteiger partial charge in [0.1, 0.15) is 11.9 Å². The van der Waals surface area contributed by atoms with Crippen molar-refractivity contribution in [2.75, 3.05) is 5.32 Å². The van der Waals surface area contributed by atoms with Gasteiger partial charge in [-0.25, -0.2) is 4.98 Å². The van der Waals surface area contributed by atoms with Crippen LogP contribution in [0.1, 0.15) is 62.2 Å². The molecule has 1 amide bonds. The summed E-state index contributed by atoms with van der Waals surface area (Å²) in [5.41, 5.74) is 4.17. The van der Waals surface area contributed by atoms with Gasteiger partial charge < -0.3 is 14.8 Å². The van der Waals surface area contributed by atoms with Crippen LogP contribution >= 0.6 is 0 Å². The second-order valence-corrected chi connectivity index (χ2v) is 10.8. The number of Topliss-reactive ketones (excluding diaryl/α,β-unsaturated/α-hetero) is 1. The molecule has 0 saturated carbocycles. The Kier molecular flexibility index (Phi) is 6.66. The first kappa shape index (κ1) is 25.5. The van der Waals surface area contributed by atoms with Crippen molar-refractivity contribution in [1.29, 1.82) is 0 Å². The van der Waals surface area contributed by atoms with Crippen molar-refractivity contribution in [3.8, 4) is 0 Å². The maximum absolute atomic E-state index is 13.6. The van der Waals surface area contributed by atoms with Gasteiger partial charge in [-0.15, -0.1) is 0 Å². The fourth-order valence-corrected chi connectivity index (χ4v) is 5.34. The summed E-state index contributed by atoms with van der Waals surface area (Å²) in [5.74, 6) is -0.0472. The highest BCUT2D eigenvalue weighted by Gasteiger charge is 2.41. The van der Waals surface area contributed by atoms with Crippen LogP contribution in [-0.4, -0.2) is 32.2 Å². The van der Waals surface area contributed by atoms with E-state index in [0.29, 0.717) is 11.6 Å². The largest absolute Gasteiger partial charge is 0.336 e. The highest BCUT2D eigenvalue weighted by Crippen LogP contribution is 2.38. The number of imidazole rings is 1. The van der Waals surface area contributed by atoms with Crippen molar-refractivity contribution in [2.24, 2.45) is 0 Å². The van der Waals surface area contributed by atoms with E-state index >= 15 is 0 Å². The maximum Gasteiger partial charge on any atom is 0.294 e. The molecule has 38 heavy (non-hydrogen) atoms. The molecule has 0 saturated heterocycles. The number of carbonyl (C=O) groups excluding carboxylic acids is 2. The van der Waals surface area contributed by atoms with Gasteiger partial charge in [0.05, 0.1) is 11.2 Å². The van der Waals surface area contributed by atoms with Crippen LogP contribution in [-0.2, 0) is 15.1 Å². The Morgan fingerprint density at radius 1 is 1.03 bits per heavy atom. The van der Waals surface area contributed by atoms with E-state index in [2.05, 4.69) is 49.9 Å². The number of hydrogen-bond donors (Lipinski definition) is 1. The lowest BCUT2D eigenvalue weighted by Gasteiger charge is -2.29. The zero-order chi connectivity index (χ0) is 27.0. The molecule has 0 bridgehead atoms. The highest BCUT2D eigenvalue weighted by molar-refractivity contribution is 6.42. The maximum atomic E-state index is 13.6. The number of anilines is 1. The monoisotopic (exact) mass is 506 g/mol. The molecule has 6 nitrogen and oxygen atoms in total. The molecule has 2 atom stereocenters. The summed E-state index contributed by atoms with van der Waals surface area (Å²) in [6.45, 7) is 10.5. The molecule has 5 rings (SSSR count). The number of nitrogens with zero attached hydrogens (tertiary/aromatic N) is 3. The van der Waals surface area contributed by atoms with Crippen LogP contribution in [0.4, 0.5) is 5.69 Å². The molecule has 2 aromatic carbocycles. The van der Waals surface area contributed by atoms with E-state index in [0.717, 1.165) is 28.3 Å². The Balaban J connectivity index is 1.39. The van der Waals surface area contributed by atoms with E-state index in [-0.39, 0.29) is 5.92 Å². The summed E-state index contributed by atoms with van der Waals surface area (Å²) in [6.07, 6.45) is 11.8. The first-order chi connectivity index (χ1) is 18.2. The minimum atomic E-state index is -0.642. The van der Waals surface area contributed by atoms with Gasteiger partial charge in [0.15, 0.2) is 0 Å². The van der Waals surface area contributed by atoms with Crippen LogP contribution in [0.3, 0.4) is 0 Å². The van der Waals surface area contributed by atoms with E-state index in [1.54, 1.807) is 0 Å². The lowest BCUT2D eigenvalue weighted by Crippen LogP contribution is -2.43. The van der Waals surface area contributed by atoms with Crippen molar-refractivity contribution in [3.63, 3.8) is 0 Å². The Labute approximate surface area is 224 Å². The molecule has 3 heterocycles. The van der Waals surface area contributed by atoms with Gasteiger partial charge in [0, 0.05) is 29.7 Å². The topological polar surface area (TPSA) is 67.2 Å². The summed E-state index contributed by atoms with van der Waals surface area (Å²) in [6, 6.07) is 16.9. The fourth-order valence-electron chi connectivity index (χ4n) is 5.34. The molecule has 0 aliphatic carbocycles. The van der Waals surface area contributed by atoms with Crippen molar-refractivity contribution in [3.05, 3.63) is 120 Å². The molecular formula is C32H34N4O2. The minimum Gasteiger partial charge on any atom is -0.336 e. The van der Waals surface area contributed by atoms with Crippen molar-refractivity contribution in [2.45, 2.75) is 58.0 Å². The first-order valence-corrected chi connectivity index (χ1v) is 13.1. The van der Waals surface area contributed by atoms with Gasteiger partial charge in [0.2, 0.25) is 5.78 Å². The Morgan fingerprint density at radius 2 is 1.79 bits per heavy atom. The first-order valence-electron chi connectivity index (χ1n) is 13.1. The standard InChI is InChI=1S/C32H34N4O2/c1-21(2)28-20-36(22(3)33-28)32(4,5)24-14-11-15-25(18-24)34-31(38)30(37)29-27(23-12-7-6-8-13-23)19-26-16-9-10-17-35(26)29/h6-21,27,29H,1-5H3,(H,34,38). The number of aryl methyl sites for hydroxylation is 1. The summed E-state index contributed by atoms with van der Waals surface area (Å²) in [4.78, 5) is 33.6. The van der Waals surface area contributed by atoms with Crippen LogP contribution in [0.5, 0.6) is 0 Å². The van der Waals surface area contributed by atoms with Gasteiger partial charge in [-0.1, -0.05) is 68.5 Å². The van der Waals surface area contributed by atoms with Gasteiger partial charge in [-0.05, 0) is 62.1 Å². The second kappa shape index (κ2) is 9.93. The number of amides is 1. The Morgan fingerprint density at radius 3 is 2.50 bits per heavy atom. The van der Waals surface area contributed by atoms with Gasteiger partial charge >= 0.3 is 0 Å². The average Bonchev–Trinajstić information content (AvgIpc) is 3.50. The van der Waals surface area contributed by atoms with Crippen LogP contribution in [0.15, 0.2) is 97.0 Å². The number of ketones is 1. The minimum absolute atomic E-state index is 0.221. The number of fused-ring (bicyclic) bond motifs is 1. The SMILES string of the molecule is Cc1nc(C(C)C)cn1C(C)(C)c1cccc(NC(=O)C(=O)C2C(c3ccccc3)C=C3C=CC=CN32)c1. The Hall–Kier alpha value is -4.19. The van der Waals surface area contributed by atoms with E-state index in [9.17, 15) is 9.59 Å². The lowest BCUT2D eigenvalue weighted by molar-refractivity contribution is -0.137. The molecule has 1 aromatic heterocycles. The quantitative estimate of drug-likeness (QED) is 0.397. The number of carbonyl (C=O) groups is 2. The molecule has 2 unspecified atom stereocenters. The third-order valence-electron chi connectivity index (χ3n) is 7.51. The van der Waals surface area contributed by atoms with Gasteiger partial charge in [0.25, 0.3) is 5.91 Å². The van der Waals surface area contributed by atoms with Crippen LogP contribution < -0.4 is 5.32 Å². The fraction of sp³-hybridized carbons (Fsp3) is 0.281. The van der Waals surface area contributed by atoms with Gasteiger partial charge in [-0.2, -0.15) is 0 Å². The predicted molar refractivity (Wildman–Crippen MR) is 151 cm³/mol. The number of allylic oxidation sites excluding steroid dienone is 3. The number of rotatable bonds is 7. The highest BCUT2D eigenvalue weighted by atomic mass is 16.2.